The second-order valence-corrected chi connectivity index (χ2v) is 11.1. The molecule has 0 saturated carbocycles. The molecule has 2 aromatic rings. The molecular weight excluding hydrogens is 400 g/mol. The highest BCUT2D eigenvalue weighted by Crippen LogP contribution is 2.36. The minimum atomic E-state index is -3.42. The number of hydrogen-bond acceptors (Lipinski definition) is 5. The smallest absolute Gasteiger partial charge is 0.252 e. The molecule has 1 aromatic carbocycles. The number of amides is 1. The minimum absolute atomic E-state index is 0.0508. The molecule has 1 N–H and O–H groups in total. The fourth-order valence-corrected chi connectivity index (χ4v) is 7.42. The molecule has 0 aliphatic carbocycles. The number of nitrogens with zero attached hydrogens (tertiary/aromatic N) is 1. The molecule has 0 unspecified atom stereocenters. The van der Waals surface area contributed by atoms with Gasteiger partial charge in [-0.05, 0) is 42.3 Å². The van der Waals surface area contributed by atoms with Gasteiger partial charge in [0.15, 0.2) is 0 Å². The zero-order valence-electron chi connectivity index (χ0n) is 14.8. The number of nitrogens with one attached hydrogen (secondary N) is 1. The van der Waals surface area contributed by atoms with Crippen molar-refractivity contribution in [3.8, 4) is 0 Å². The molecule has 2 aliphatic heterocycles. The van der Waals surface area contributed by atoms with E-state index in [0.717, 1.165) is 12.2 Å². The molecule has 0 bridgehead atoms. The summed E-state index contributed by atoms with van der Waals surface area (Å²) >= 11 is 3.07. The quantitative estimate of drug-likeness (QED) is 0.819. The van der Waals surface area contributed by atoms with Gasteiger partial charge in [-0.1, -0.05) is 24.3 Å². The normalized spacial score (nSPS) is 21.6. The van der Waals surface area contributed by atoms with E-state index in [4.69, 9.17) is 0 Å². The van der Waals surface area contributed by atoms with E-state index < -0.39 is 10.0 Å². The van der Waals surface area contributed by atoms with Crippen LogP contribution in [0.4, 0.5) is 0 Å². The van der Waals surface area contributed by atoms with Gasteiger partial charge in [0.05, 0.1) is 6.04 Å². The number of carbonyl (C=O) groups excluding carboxylic acids is 1. The molecule has 5 nitrogen and oxygen atoms in total. The number of thiophene rings is 1. The van der Waals surface area contributed by atoms with Gasteiger partial charge in [-0.2, -0.15) is 4.31 Å². The van der Waals surface area contributed by atoms with Crippen LogP contribution in [-0.4, -0.2) is 37.5 Å². The van der Waals surface area contributed by atoms with Crippen molar-refractivity contribution in [2.75, 3.05) is 18.8 Å². The van der Waals surface area contributed by atoms with Gasteiger partial charge < -0.3 is 5.32 Å². The van der Waals surface area contributed by atoms with E-state index in [2.05, 4.69) is 17.4 Å². The largest absolute Gasteiger partial charge is 0.349 e. The second-order valence-electron chi connectivity index (χ2n) is 6.85. The first-order chi connectivity index (χ1) is 13.1. The first-order valence-corrected chi connectivity index (χ1v) is 12.4. The number of hydrogen-bond donors (Lipinski definition) is 1. The third-order valence-electron chi connectivity index (χ3n) is 5.19. The van der Waals surface area contributed by atoms with Gasteiger partial charge in [0.1, 0.15) is 4.21 Å². The van der Waals surface area contributed by atoms with Crippen LogP contribution in [0, 0.1) is 5.92 Å². The maximum atomic E-state index is 12.8. The van der Waals surface area contributed by atoms with Crippen LogP contribution in [-0.2, 0) is 14.8 Å². The summed E-state index contributed by atoms with van der Waals surface area (Å²) in [5.41, 5.74) is 1.19. The number of fused-ring (bicyclic) bond motifs is 1. The molecule has 8 heteroatoms. The van der Waals surface area contributed by atoms with Crippen LogP contribution in [0.3, 0.4) is 0 Å². The molecule has 0 radical (unpaired) electrons. The second kappa shape index (κ2) is 7.95. The highest BCUT2D eigenvalue weighted by Gasteiger charge is 2.33. The summed E-state index contributed by atoms with van der Waals surface area (Å²) in [7, 11) is -3.42. The Morgan fingerprint density at radius 2 is 1.85 bits per heavy atom. The Balaban J connectivity index is 1.37. The molecule has 1 aromatic heterocycles. The lowest BCUT2D eigenvalue weighted by atomic mass is 9.95. The Morgan fingerprint density at radius 3 is 2.59 bits per heavy atom. The molecule has 4 rings (SSSR count). The van der Waals surface area contributed by atoms with Crippen molar-refractivity contribution in [2.24, 2.45) is 5.92 Å². The van der Waals surface area contributed by atoms with Gasteiger partial charge in [-0.25, -0.2) is 8.42 Å². The van der Waals surface area contributed by atoms with E-state index in [0.29, 0.717) is 30.1 Å². The summed E-state index contributed by atoms with van der Waals surface area (Å²) < 4.78 is 27.1. The van der Waals surface area contributed by atoms with E-state index in [1.807, 2.05) is 23.9 Å². The van der Waals surface area contributed by atoms with Crippen LogP contribution >= 0.6 is 23.1 Å². The number of sulfonamides is 1. The van der Waals surface area contributed by atoms with E-state index in [9.17, 15) is 13.2 Å². The minimum Gasteiger partial charge on any atom is -0.349 e. The molecule has 27 heavy (non-hydrogen) atoms. The molecule has 144 valence electrons. The highest BCUT2D eigenvalue weighted by atomic mass is 32.2. The predicted molar refractivity (Wildman–Crippen MR) is 108 cm³/mol. The summed E-state index contributed by atoms with van der Waals surface area (Å²) in [5.74, 6) is 0.927. The number of thioether (sulfide) groups is 1. The van der Waals surface area contributed by atoms with Gasteiger partial charge in [0.2, 0.25) is 5.91 Å². The topological polar surface area (TPSA) is 66.5 Å². The van der Waals surface area contributed by atoms with Gasteiger partial charge in [-0.15, -0.1) is 23.1 Å². The van der Waals surface area contributed by atoms with E-state index in [1.54, 1.807) is 17.5 Å². The number of piperidine rings is 1. The molecule has 0 spiro atoms. The van der Waals surface area contributed by atoms with Crippen molar-refractivity contribution >= 4 is 39.0 Å². The third kappa shape index (κ3) is 3.94. The summed E-state index contributed by atoms with van der Waals surface area (Å²) in [6.45, 7) is 0.796. The van der Waals surface area contributed by atoms with Crippen molar-refractivity contribution < 1.29 is 13.2 Å². The monoisotopic (exact) mass is 422 g/mol. The zero-order chi connectivity index (χ0) is 18.9. The Labute approximate surface area is 168 Å². The SMILES string of the molecule is O=C(N[C@H]1CCSc2ccccc21)C1CCN(S(=O)(=O)c2cccs2)CC1. The molecule has 1 fully saturated rings. The standard InChI is InChI=1S/C19H22N2O3S3/c22-19(20-16-9-13-25-17-5-2-1-4-15(16)17)14-7-10-21(11-8-14)27(23,24)18-6-3-12-26-18/h1-6,12,14,16H,7-11,13H2,(H,20,22)/t16-/m0/s1. The Hall–Kier alpha value is -1.35. The van der Waals surface area contributed by atoms with Crippen LogP contribution in [0.1, 0.15) is 30.9 Å². The Bertz CT molecular complexity index is 904. The van der Waals surface area contributed by atoms with Crippen LogP contribution in [0.2, 0.25) is 0 Å². The zero-order valence-corrected chi connectivity index (χ0v) is 17.3. The van der Waals surface area contributed by atoms with Gasteiger partial charge in [0, 0.05) is 29.7 Å². The molecule has 3 heterocycles. The van der Waals surface area contributed by atoms with Gasteiger partial charge >= 0.3 is 0 Å². The lowest BCUT2D eigenvalue weighted by molar-refractivity contribution is -0.126. The van der Waals surface area contributed by atoms with Crippen LogP contribution in [0.15, 0.2) is 50.9 Å². The first-order valence-electron chi connectivity index (χ1n) is 9.11. The van der Waals surface area contributed by atoms with Gasteiger partial charge in [-0.3, -0.25) is 4.79 Å². The maximum Gasteiger partial charge on any atom is 0.252 e. The number of benzene rings is 1. The average Bonchev–Trinajstić information content (AvgIpc) is 3.24. The van der Waals surface area contributed by atoms with Crippen molar-refractivity contribution in [3.63, 3.8) is 0 Å². The number of rotatable bonds is 4. The maximum absolute atomic E-state index is 12.8. The molecule has 1 saturated heterocycles. The van der Waals surface area contributed by atoms with E-state index in [1.165, 1.54) is 26.1 Å². The summed E-state index contributed by atoms with van der Waals surface area (Å²) in [5, 5.41) is 4.98. The highest BCUT2D eigenvalue weighted by molar-refractivity contribution is 7.99. The van der Waals surface area contributed by atoms with Crippen molar-refractivity contribution in [1.82, 2.24) is 9.62 Å². The van der Waals surface area contributed by atoms with Gasteiger partial charge in [0.25, 0.3) is 10.0 Å². The van der Waals surface area contributed by atoms with Crippen LogP contribution < -0.4 is 5.32 Å². The fourth-order valence-electron chi connectivity index (χ4n) is 3.68. The predicted octanol–water partition coefficient (Wildman–Crippen LogP) is 3.50. The summed E-state index contributed by atoms with van der Waals surface area (Å²) in [6, 6.07) is 11.7. The molecule has 2 aliphatic rings. The summed E-state index contributed by atoms with van der Waals surface area (Å²) in [4.78, 5) is 14.0. The third-order valence-corrected chi connectivity index (χ3v) is 9.58. The van der Waals surface area contributed by atoms with Crippen molar-refractivity contribution in [1.29, 1.82) is 0 Å². The molecular formula is C19H22N2O3S3. The van der Waals surface area contributed by atoms with Crippen LogP contribution in [0.25, 0.3) is 0 Å². The van der Waals surface area contributed by atoms with E-state index >= 15 is 0 Å². The molecule has 1 atom stereocenters. The Kier molecular flexibility index (Phi) is 5.59. The van der Waals surface area contributed by atoms with Crippen molar-refractivity contribution in [3.05, 3.63) is 47.3 Å². The first kappa shape index (κ1) is 19.0. The lowest BCUT2D eigenvalue weighted by Gasteiger charge is -2.32. The summed E-state index contributed by atoms with van der Waals surface area (Å²) in [6.07, 6.45) is 2.07. The van der Waals surface area contributed by atoms with E-state index in [-0.39, 0.29) is 17.9 Å². The van der Waals surface area contributed by atoms with Crippen LogP contribution in [0.5, 0.6) is 0 Å². The average molecular weight is 423 g/mol. The lowest BCUT2D eigenvalue weighted by Crippen LogP contribution is -2.43. The molecule has 1 amide bonds. The fraction of sp³-hybridized carbons (Fsp3) is 0.421. The van der Waals surface area contributed by atoms with Crippen molar-refractivity contribution in [2.45, 2.75) is 34.4 Å². The Morgan fingerprint density at radius 1 is 1.07 bits per heavy atom. The number of carbonyl (C=O) groups is 1.